The fourth-order valence-corrected chi connectivity index (χ4v) is 1.55. The Labute approximate surface area is 95.7 Å². The SMILES string of the molecule is CCn1[nH]c(-c2ncc(Cl)cc2F)cc1=O. The van der Waals surface area contributed by atoms with E-state index in [1.165, 1.54) is 16.9 Å². The lowest BCUT2D eigenvalue weighted by Crippen LogP contribution is -2.13. The van der Waals surface area contributed by atoms with E-state index in [0.717, 1.165) is 6.07 Å². The van der Waals surface area contributed by atoms with E-state index in [1.54, 1.807) is 0 Å². The van der Waals surface area contributed by atoms with Crippen LogP contribution in [0.2, 0.25) is 5.02 Å². The Morgan fingerprint density at radius 2 is 2.31 bits per heavy atom. The molecule has 0 saturated heterocycles. The first-order valence-electron chi connectivity index (χ1n) is 4.73. The molecule has 2 aromatic rings. The van der Waals surface area contributed by atoms with Crippen LogP contribution in [0, 0.1) is 5.82 Å². The number of nitrogens with zero attached hydrogens (tertiary/aromatic N) is 2. The third-order valence-electron chi connectivity index (χ3n) is 2.17. The lowest BCUT2D eigenvalue weighted by Gasteiger charge is -2.00. The van der Waals surface area contributed by atoms with Gasteiger partial charge in [-0.25, -0.2) is 9.37 Å². The van der Waals surface area contributed by atoms with E-state index >= 15 is 0 Å². The smallest absolute Gasteiger partial charge is 0.267 e. The van der Waals surface area contributed by atoms with Gasteiger partial charge in [0.2, 0.25) is 0 Å². The molecule has 0 bridgehead atoms. The minimum Gasteiger partial charge on any atom is -0.293 e. The van der Waals surface area contributed by atoms with Gasteiger partial charge in [-0.2, -0.15) is 0 Å². The highest BCUT2D eigenvalue weighted by atomic mass is 35.5. The summed E-state index contributed by atoms with van der Waals surface area (Å²) in [6.07, 6.45) is 1.33. The Hall–Kier alpha value is -1.62. The van der Waals surface area contributed by atoms with E-state index < -0.39 is 5.82 Å². The van der Waals surface area contributed by atoms with E-state index in [-0.39, 0.29) is 16.3 Å². The second-order valence-electron chi connectivity index (χ2n) is 3.24. The molecule has 0 aliphatic rings. The average molecular weight is 242 g/mol. The van der Waals surface area contributed by atoms with E-state index in [0.29, 0.717) is 12.2 Å². The predicted octanol–water partition coefficient (Wildman–Crippen LogP) is 2.05. The molecule has 0 atom stereocenters. The normalized spacial score (nSPS) is 10.7. The summed E-state index contributed by atoms with van der Waals surface area (Å²) in [5.74, 6) is -0.558. The molecule has 0 aromatic carbocycles. The van der Waals surface area contributed by atoms with E-state index in [4.69, 9.17) is 11.6 Å². The summed E-state index contributed by atoms with van der Waals surface area (Å²) in [6, 6.07) is 2.47. The number of H-pyrrole nitrogens is 1. The molecule has 0 radical (unpaired) electrons. The molecule has 0 spiro atoms. The van der Waals surface area contributed by atoms with Gasteiger partial charge in [0.25, 0.3) is 5.56 Å². The van der Waals surface area contributed by atoms with Gasteiger partial charge in [0.05, 0.1) is 10.7 Å². The first-order chi connectivity index (χ1) is 7.61. The van der Waals surface area contributed by atoms with Gasteiger partial charge in [0.1, 0.15) is 5.69 Å². The highest BCUT2D eigenvalue weighted by molar-refractivity contribution is 6.30. The van der Waals surface area contributed by atoms with Crippen LogP contribution in [0.15, 0.2) is 23.1 Å². The molecule has 16 heavy (non-hydrogen) atoms. The molecule has 1 N–H and O–H groups in total. The monoisotopic (exact) mass is 241 g/mol. The zero-order valence-corrected chi connectivity index (χ0v) is 9.25. The first kappa shape index (κ1) is 10.9. The van der Waals surface area contributed by atoms with Crippen molar-refractivity contribution in [1.29, 1.82) is 0 Å². The van der Waals surface area contributed by atoms with Crippen LogP contribution in [-0.2, 0) is 6.54 Å². The van der Waals surface area contributed by atoms with Crippen LogP contribution in [0.3, 0.4) is 0 Å². The van der Waals surface area contributed by atoms with Crippen LogP contribution in [0.5, 0.6) is 0 Å². The lowest BCUT2D eigenvalue weighted by molar-refractivity contribution is 0.618. The first-order valence-corrected chi connectivity index (χ1v) is 5.11. The second-order valence-corrected chi connectivity index (χ2v) is 3.67. The van der Waals surface area contributed by atoms with Crippen LogP contribution in [-0.4, -0.2) is 14.8 Å². The van der Waals surface area contributed by atoms with Crippen LogP contribution in [0.1, 0.15) is 6.92 Å². The van der Waals surface area contributed by atoms with Gasteiger partial charge < -0.3 is 0 Å². The van der Waals surface area contributed by atoms with Gasteiger partial charge in [-0.15, -0.1) is 0 Å². The van der Waals surface area contributed by atoms with Gasteiger partial charge in [-0.3, -0.25) is 14.6 Å². The number of aromatic amines is 1. The Kier molecular flexibility index (Phi) is 2.78. The molecular weight excluding hydrogens is 233 g/mol. The van der Waals surface area contributed by atoms with Crippen molar-refractivity contribution in [2.45, 2.75) is 13.5 Å². The number of aryl methyl sites for hydroxylation is 1. The molecule has 84 valence electrons. The number of pyridine rings is 1. The molecular formula is C10H9ClFN3O. The van der Waals surface area contributed by atoms with Crippen molar-refractivity contribution in [1.82, 2.24) is 14.8 Å². The average Bonchev–Trinajstić information content (AvgIpc) is 2.59. The van der Waals surface area contributed by atoms with Crippen LogP contribution < -0.4 is 5.56 Å². The van der Waals surface area contributed by atoms with Crippen molar-refractivity contribution < 1.29 is 4.39 Å². The van der Waals surface area contributed by atoms with Crippen LogP contribution in [0.4, 0.5) is 4.39 Å². The van der Waals surface area contributed by atoms with E-state index in [2.05, 4.69) is 10.1 Å². The standard InChI is InChI=1S/C10H9ClFN3O/c1-2-15-9(16)4-8(14-15)10-7(12)3-6(11)5-13-10/h3-5,14H,2H2,1H3. The summed E-state index contributed by atoms with van der Waals surface area (Å²) in [5, 5.41) is 2.99. The summed E-state index contributed by atoms with van der Waals surface area (Å²) in [6.45, 7) is 2.31. The molecule has 0 aliphatic carbocycles. The minimum atomic E-state index is -0.558. The molecule has 0 amide bonds. The van der Waals surface area contributed by atoms with Crippen molar-refractivity contribution in [3.05, 3.63) is 39.5 Å². The number of halogens is 2. The largest absolute Gasteiger partial charge is 0.293 e. The second kappa shape index (κ2) is 4.09. The topological polar surface area (TPSA) is 50.7 Å². The van der Waals surface area contributed by atoms with E-state index in [9.17, 15) is 9.18 Å². The van der Waals surface area contributed by atoms with Crippen molar-refractivity contribution in [3.63, 3.8) is 0 Å². The maximum absolute atomic E-state index is 13.5. The zero-order chi connectivity index (χ0) is 11.7. The highest BCUT2D eigenvalue weighted by Gasteiger charge is 2.11. The summed E-state index contributed by atoms with van der Waals surface area (Å²) < 4.78 is 14.9. The van der Waals surface area contributed by atoms with Gasteiger partial charge >= 0.3 is 0 Å². The highest BCUT2D eigenvalue weighted by Crippen LogP contribution is 2.19. The maximum atomic E-state index is 13.5. The third-order valence-corrected chi connectivity index (χ3v) is 2.38. The molecule has 2 heterocycles. The fraction of sp³-hybridized carbons (Fsp3) is 0.200. The fourth-order valence-electron chi connectivity index (χ4n) is 1.40. The third kappa shape index (κ3) is 1.86. The van der Waals surface area contributed by atoms with Gasteiger partial charge in [0, 0.05) is 18.8 Å². The van der Waals surface area contributed by atoms with Crippen molar-refractivity contribution >= 4 is 11.6 Å². The molecule has 2 aromatic heterocycles. The maximum Gasteiger partial charge on any atom is 0.267 e. The molecule has 0 aliphatic heterocycles. The number of nitrogens with one attached hydrogen (secondary N) is 1. The number of hydrogen-bond donors (Lipinski definition) is 1. The molecule has 6 heteroatoms. The van der Waals surface area contributed by atoms with Crippen molar-refractivity contribution in [2.75, 3.05) is 0 Å². The molecule has 0 fully saturated rings. The zero-order valence-electron chi connectivity index (χ0n) is 8.50. The van der Waals surface area contributed by atoms with E-state index in [1.807, 2.05) is 6.92 Å². The lowest BCUT2D eigenvalue weighted by atomic mass is 10.2. The Morgan fingerprint density at radius 1 is 1.56 bits per heavy atom. The van der Waals surface area contributed by atoms with Crippen LogP contribution in [0.25, 0.3) is 11.4 Å². The van der Waals surface area contributed by atoms with Crippen LogP contribution >= 0.6 is 11.6 Å². The predicted molar refractivity (Wildman–Crippen MR) is 58.9 cm³/mol. The van der Waals surface area contributed by atoms with Gasteiger partial charge in [-0.05, 0) is 13.0 Å². The van der Waals surface area contributed by atoms with Gasteiger partial charge in [0.15, 0.2) is 5.82 Å². The number of rotatable bonds is 2. The number of hydrogen-bond acceptors (Lipinski definition) is 2. The molecule has 0 unspecified atom stereocenters. The quantitative estimate of drug-likeness (QED) is 0.875. The molecule has 0 saturated carbocycles. The summed E-state index contributed by atoms with van der Waals surface area (Å²) in [4.78, 5) is 15.2. The summed E-state index contributed by atoms with van der Waals surface area (Å²) >= 11 is 5.59. The summed E-state index contributed by atoms with van der Waals surface area (Å²) in [7, 11) is 0. The Balaban J connectivity index is 2.54. The van der Waals surface area contributed by atoms with Crippen molar-refractivity contribution in [2.24, 2.45) is 0 Å². The molecule has 2 rings (SSSR count). The van der Waals surface area contributed by atoms with Gasteiger partial charge in [-0.1, -0.05) is 11.6 Å². The minimum absolute atomic E-state index is 0.0914. The van der Waals surface area contributed by atoms with Crippen molar-refractivity contribution in [3.8, 4) is 11.4 Å². The number of aromatic nitrogens is 3. The summed E-state index contributed by atoms with van der Waals surface area (Å²) in [5.41, 5.74) is 0.225. The Morgan fingerprint density at radius 3 is 2.88 bits per heavy atom. The Bertz CT molecular complexity index is 576. The molecule has 4 nitrogen and oxygen atoms in total.